The summed E-state index contributed by atoms with van der Waals surface area (Å²) in [7, 11) is 0. The minimum absolute atomic E-state index is 0.0290. The van der Waals surface area contributed by atoms with Gasteiger partial charge in [0.25, 0.3) is 0 Å². The molecule has 0 saturated heterocycles. The lowest BCUT2D eigenvalue weighted by Crippen LogP contribution is -2.51. The van der Waals surface area contributed by atoms with E-state index in [0.717, 1.165) is 43.6 Å². The van der Waals surface area contributed by atoms with Gasteiger partial charge in [0.15, 0.2) is 0 Å². The zero-order valence-electron chi connectivity index (χ0n) is 13.4. The molecule has 4 heteroatoms. The first kappa shape index (κ1) is 15.3. The lowest BCUT2D eigenvalue weighted by atomic mass is 9.98. The number of aryl methyl sites for hydroxylation is 1. The lowest BCUT2D eigenvalue weighted by Gasteiger charge is -2.22. The van der Waals surface area contributed by atoms with Gasteiger partial charge in [-0.05, 0) is 50.2 Å². The van der Waals surface area contributed by atoms with Crippen LogP contribution in [-0.2, 0) is 11.3 Å². The summed E-state index contributed by atoms with van der Waals surface area (Å²) < 4.78 is 5.94. The highest BCUT2D eigenvalue weighted by Gasteiger charge is 2.36. The predicted molar refractivity (Wildman–Crippen MR) is 86.6 cm³/mol. The quantitative estimate of drug-likeness (QED) is 0.849. The van der Waals surface area contributed by atoms with Crippen LogP contribution >= 0.6 is 0 Å². The Morgan fingerprint density at radius 2 is 2.09 bits per heavy atom. The Bertz CT molecular complexity index is 546. The minimum atomic E-state index is -0.667. The van der Waals surface area contributed by atoms with Crippen molar-refractivity contribution in [1.82, 2.24) is 5.32 Å². The highest BCUT2D eigenvalue weighted by atomic mass is 16.5. The van der Waals surface area contributed by atoms with Gasteiger partial charge in [-0.2, -0.15) is 0 Å². The smallest absolute Gasteiger partial charge is 0.240 e. The summed E-state index contributed by atoms with van der Waals surface area (Å²) in [5, 5.41) is 3.00. The van der Waals surface area contributed by atoms with Gasteiger partial charge in [-0.1, -0.05) is 25.0 Å². The molecule has 1 aromatic rings. The van der Waals surface area contributed by atoms with Crippen LogP contribution in [0, 0.1) is 12.8 Å². The topological polar surface area (TPSA) is 64.4 Å². The molecule has 120 valence electrons. The lowest BCUT2D eigenvalue weighted by molar-refractivity contribution is -0.126. The van der Waals surface area contributed by atoms with Crippen molar-refractivity contribution < 1.29 is 9.53 Å². The van der Waals surface area contributed by atoms with Crippen molar-refractivity contribution in [3.63, 3.8) is 0 Å². The molecular formula is C18H26N2O2. The molecule has 0 bridgehead atoms. The third-order valence-corrected chi connectivity index (χ3v) is 4.78. The molecule has 3 N–H and O–H groups in total. The fraction of sp³-hybridized carbons (Fsp3) is 0.611. The molecule has 1 aromatic carbocycles. The maximum Gasteiger partial charge on any atom is 0.240 e. The molecule has 0 radical (unpaired) electrons. The second-order valence-electron chi connectivity index (χ2n) is 6.91. The van der Waals surface area contributed by atoms with Gasteiger partial charge < -0.3 is 15.8 Å². The average molecular weight is 302 g/mol. The standard InChI is InChI=1S/C18H26N2O2/c1-13-4-7-15(16(10-13)22-12-14-5-6-14)11-20-17(21)18(19)8-2-3-9-18/h4,7,10,14H,2-3,5-6,8-9,11-12,19H2,1H3,(H,20,21). The van der Waals surface area contributed by atoms with Crippen molar-refractivity contribution in [3.8, 4) is 5.75 Å². The van der Waals surface area contributed by atoms with Gasteiger partial charge in [0.1, 0.15) is 5.75 Å². The van der Waals surface area contributed by atoms with Crippen LogP contribution in [0.1, 0.15) is 49.7 Å². The zero-order valence-corrected chi connectivity index (χ0v) is 13.4. The Balaban J connectivity index is 1.62. The van der Waals surface area contributed by atoms with Crippen LogP contribution < -0.4 is 15.8 Å². The largest absolute Gasteiger partial charge is 0.493 e. The van der Waals surface area contributed by atoms with Crippen molar-refractivity contribution >= 4 is 5.91 Å². The minimum Gasteiger partial charge on any atom is -0.493 e. The molecule has 2 aliphatic carbocycles. The molecule has 1 amide bonds. The van der Waals surface area contributed by atoms with Gasteiger partial charge in [-0.15, -0.1) is 0 Å². The number of benzene rings is 1. The molecule has 0 atom stereocenters. The van der Waals surface area contributed by atoms with E-state index < -0.39 is 5.54 Å². The molecule has 0 aliphatic heterocycles. The van der Waals surface area contributed by atoms with Crippen molar-refractivity contribution in [3.05, 3.63) is 29.3 Å². The SMILES string of the molecule is Cc1ccc(CNC(=O)C2(N)CCCC2)c(OCC2CC2)c1. The molecule has 2 saturated carbocycles. The molecule has 4 nitrogen and oxygen atoms in total. The van der Waals surface area contributed by atoms with E-state index >= 15 is 0 Å². The Labute approximate surface area is 132 Å². The van der Waals surface area contributed by atoms with Gasteiger partial charge >= 0.3 is 0 Å². The van der Waals surface area contributed by atoms with E-state index in [2.05, 4.69) is 24.4 Å². The van der Waals surface area contributed by atoms with Crippen LogP contribution in [0.2, 0.25) is 0 Å². The number of carbonyl (C=O) groups is 1. The van der Waals surface area contributed by atoms with Crippen LogP contribution in [0.15, 0.2) is 18.2 Å². The maximum absolute atomic E-state index is 12.3. The van der Waals surface area contributed by atoms with E-state index in [-0.39, 0.29) is 5.91 Å². The summed E-state index contributed by atoms with van der Waals surface area (Å²) in [5.74, 6) is 1.58. The third-order valence-electron chi connectivity index (χ3n) is 4.78. The first-order chi connectivity index (χ1) is 10.6. The van der Waals surface area contributed by atoms with Crippen molar-refractivity contribution in [2.24, 2.45) is 11.7 Å². The second kappa shape index (κ2) is 6.29. The molecule has 3 rings (SSSR count). The molecule has 2 fully saturated rings. The Morgan fingerprint density at radius 1 is 1.36 bits per heavy atom. The number of carbonyl (C=O) groups excluding carboxylic acids is 1. The molecule has 2 aliphatic rings. The number of ether oxygens (including phenoxy) is 1. The van der Waals surface area contributed by atoms with Crippen LogP contribution in [-0.4, -0.2) is 18.1 Å². The maximum atomic E-state index is 12.3. The fourth-order valence-corrected chi connectivity index (χ4v) is 3.02. The van der Waals surface area contributed by atoms with E-state index in [1.807, 2.05) is 6.07 Å². The second-order valence-corrected chi connectivity index (χ2v) is 6.91. The Hall–Kier alpha value is -1.55. The van der Waals surface area contributed by atoms with Crippen LogP contribution in [0.3, 0.4) is 0 Å². The number of amides is 1. The van der Waals surface area contributed by atoms with E-state index in [0.29, 0.717) is 12.5 Å². The molecule has 0 heterocycles. The van der Waals surface area contributed by atoms with Gasteiger partial charge in [0, 0.05) is 12.1 Å². The summed E-state index contributed by atoms with van der Waals surface area (Å²) in [6.45, 7) is 3.32. The molecule has 0 spiro atoms. The van der Waals surface area contributed by atoms with Gasteiger partial charge in [0.2, 0.25) is 5.91 Å². The van der Waals surface area contributed by atoms with E-state index in [4.69, 9.17) is 10.5 Å². The highest BCUT2D eigenvalue weighted by Crippen LogP contribution is 2.31. The first-order valence-corrected chi connectivity index (χ1v) is 8.36. The molecular weight excluding hydrogens is 276 g/mol. The van der Waals surface area contributed by atoms with Crippen molar-refractivity contribution in [1.29, 1.82) is 0 Å². The van der Waals surface area contributed by atoms with E-state index in [9.17, 15) is 4.79 Å². The normalized spacial score (nSPS) is 19.9. The van der Waals surface area contributed by atoms with Gasteiger partial charge in [0.05, 0.1) is 12.1 Å². The predicted octanol–water partition coefficient (Wildman–Crippen LogP) is 2.67. The fourth-order valence-electron chi connectivity index (χ4n) is 3.02. The van der Waals surface area contributed by atoms with Crippen molar-refractivity contribution in [2.75, 3.05) is 6.61 Å². The van der Waals surface area contributed by atoms with Gasteiger partial charge in [-0.25, -0.2) is 0 Å². The van der Waals surface area contributed by atoms with Crippen molar-refractivity contribution in [2.45, 2.75) is 57.5 Å². The van der Waals surface area contributed by atoms with Gasteiger partial charge in [-0.3, -0.25) is 4.79 Å². The highest BCUT2D eigenvalue weighted by molar-refractivity contribution is 5.86. The van der Waals surface area contributed by atoms with Crippen LogP contribution in [0.4, 0.5) is 0 Å². The number of rotatable bonds is 6. The van der Waals surface area contributed by atoms with E-state index in [1.165, 1.54) is 18.4 Å². The zero-order chi connectivity index (χ0) is 15.6. The number of hydrogen-bond acceptors (Lipinski definition) is 3. The molecule has 22 heavy (non-hydrogen) atoms. The summed E-state index contributed by atoms with van der Waals surface area (Å²) in [5.41, 5.74) is 7.73. The summed E-state index contributed by atoms with van der Waals surface area (Å²) >= 11 is 0. The summed E-state index contributed by atoms with van der Waals surface area (Å²) in [6, 6.07) is 6.15. The monoisotopic (exact) mass is 302 g/mol. The number of nitrogens with two attached hydrogens (primary N) is 1. The molecule has 0 aromatic heterocycles. The molecule has 0 unspecified atom stereocenters. The number of hydrogen-bond donors (Lipinski definition) is 2. The number of nitrogens with one attached hydrogen (secondary N) is 1. The Morgan fingerprint density at radius 3 is 2.77 bits per heavy atom. The summed E-state index contributed by atoms with van der Waals surface area (Å²) in [6.07, 6.45) is 6.21. The first-order valence-electron chi connectivity index (χ1n) is 8.36. The van der Waals surface area contributed by atoms with E-state index in [1.54, 1.807) is 0 Å². The Kier molecular flexibility index (Phi) is 4.39. The van der Waals surface area contributed by atoms with Crippen LogP contribution in [0.5, 0.6) is 5.75 Å². The summed E-state index contributed by atoms with van der Waals surface area (Å²) in [4.78, 5) is 12.3. The third kappa shape index (κ3) is 3.61. The van der Waals surface area contributed by atoms with Crippen LogP contribution in [0.25, 0.3) is 0 Å². The average Bonchev–Trinajstić information content (AvgIpc) is 3.23.